The van der Waals surface area contributed by atoms with E-state index in [0.29, 0.717) is 0 Å². The van der Waals surface area contributed by atoms with Gasteiger partial charge < -0.3 is 5.73 Å². The topological polar surface area (TPSA) is 26.0 Å². The lowest BCUT2D eigenvalue weighted by Crippen LogP contribution is -2.36. The zero-order valence-corrected chi connectivity index (χ0v) is 9.79. The predicted molar refractivity (Wildman–Crippen MR) is 65.1 cm³/mol. The van der Waals surface area contributed by atoms with E-state index in [0.717, 1.165) is 18.2 Å². The zero-order chi connectivity index (χ0) is 14.1. The molecule has 0 heterocycles. The predicted octanol–water partition coefficient (Wildman–Crippen LogP) is 4.15. The molecule has 2 N–H and O–H groups in total. The van der Waals surface area contributed by atoms with E-state index >= 15 is 0 Å². The highest BCUT2D eigenvalue weighted by molar-refractivity contribution is 5.50. The fourth-order valence-electron chi connectivity index (χ4n) is 1.78. The Kier molecular flexibility index (Phi) is 3.22. The molecule has 1 nitrogen and oxygen atoms in total. The minimum absolute atomic E-state index is 0.358. The highest BCUT2D eigenvalue weighted by Gasteiger charge is 2.59. The maximum Gasteiger partial charge on any atom is 0.341 e. The lowest BCUT2D eigenvalue weighted by Gasteiger charge is -2.28. The van der Waals surface area contributed by atoms with Gasteiger partial charge in [0, 0.05) is 11.3 Å². The van der Waals surface area contributed by atoms with Crippen molar-refractivity contribution in [2.75, 3.05) is 5.73 Å². The van der Waals surface area contributed by atoms with Gasteiger partial charge in [0.15, 0.2) is 0 Å². The smallest absolute Gasteiger partial charge is 0.341 e. The van der Waals surface area contributed by atoms with E-state index in [-0.39, 0.29) is 5.69 Å². The first-order valence-electron chi connectivity index (χ1n) is 5.53. The quantitative estimate of drug-likeness (QED) is 0.657. The molecule has 0 bridgehead atoms. The number of anilines is 1. The van der Waals surface area contributed by atoms with Crippen LogP contribution in [0.5, 0.6) is 0 Å². The Morgan fingerprint density at radius 1 is 0.684 bits per heavy atom. The second-order valence-corrected chi connectivity index (χ2v) is 4.10. The van der Waals surface area contributed by atoms with E-state index in [1.165, 1.54) is 36.4 Å². The SMILES string of the molecule is Nc1ccccc1C(F)(F)C(F)(F)c1ccccc1. The van der Waals surface area contributed by atoms with E-state index < -0.39 is 23.0 Å². The van der Waals surface area contributed by atoms with E-state index in [4.69, 9.17) is 5.73 Å². The summed E-state index contributed by atoms with van der Waals surface area (Å²) in [5.74, 6) is -8.70. The van der Waals surface area contributed by atoms with Crippen LogP contribution in [-0.2, 0) is 11.8 Å². The molecule has 0 amide bonds. The number of para-hydroxylation sites is 1. The molecule has 0 radical (unpaired) electrons. The van der Waals surface area contributed by atoms with Gasteiger partial charge in [-0.25, -0.2) is 0 Å². The van der Waals surface area contributed by atoms with Gasteiger partial charge in [-0.2, -0.15) is 17.6 Å². The normalized spacial score (nSPS) is 12.4. The van der Waals surface area contributed by atoms with Crippen molar-refractivity contribution in [3.63, 3.8) is 0 Å². The Hall–Kier alpha value is -2.04. The van der Waals surface area contributed by atoms with Crippen LogP contribution in [0.25, 0.3) is 0 Å². The van der Waals surface area contributed by atoms with Gasteiger partial charge in [0.2, 0.25) is 0 Å². The van der Waals surface area contributed by atoms with Crippen LogP contribution in [-0.4, -0.2) is 0 Å². The van der Waals surface area contributed by atoms with Crippen molar-refractivity contribution in [2.45, 2.75) is 11.8 Å². The van der Waals surface area contributed by atoms with E-state index in [1.54, 1.807) is 0 Å². The number of alkyl halides is 4. The van der Waals surface area contributed by atoms with Crippen LogP contribution in [0.3, 0.4) is 0 Å². The van der Waals surface area contributed by atoms with Gasteiger partial charge in [0.1, 0.15) is 0 Å². The van der Waals surface area contributed by atoms with E-state index in [2.05, 4.69) is 0 Å². The van der Waals surface area contributed by atoms with Crippen molar-refractivity contribution < 1.29 is 17.6 Å². The van der Waals surface area contributed by atoms with Gasteiger partial charge in [-0.15, -0.1) is 0 Å². The minimum Gasteiger partial charge on any atom is -0.398 e. The molecular weight excluding hydrogens is 258 g/mol. The highest BCUT2D eigenvalue weighted by atomic mass is 19.3. The van der Waals surface area contributed by atoms with E-state index in [1.807, 2.05) is 0 Å². The first kappa shape index (κ1) is 13.4. The van der Waals surface area contributed by atoms with Crippen molar-refractivity contribution in [1.82, 2.24) is 0 Å². The molecular formula is C14H11F4N. The van der Waals surface area contributed by atoms with Crippen LogP contribution in [0.4, 0.5) is 23.2 Å². The average Bonchev–Trinajstić information content (AvgIpc) is 2.40. The van der Waals surface area contributed by atoms with Gasteiger partial charge in [-0.05, 0) is 6.07 Å². The van der Waals surface area contributed by atoms with Crippen molar-refractivity contribution in [3.05, 3.63) is 65.7 Å². The summed E-state index contributed by atoms with van der Waals surface area (Å²) < 4.78 is 56.1. The standard InChI is InChI=1S/C14H11F4N/c15-13(16,10-6-2-1-3-7-10)14(17,18)11-8-4-5-9-12(11)19/h1-9H,19H2. The van der Waals surface area contributed by atoms with Crippen LogP contribution in [0, 0.1) is 0 Å². The van der Waals surface area contributed by atoms with Crippen LogP contribution >= 0.6 is 0 Å². The summed E-state index contributed by atoms with van der Waals surface area (Å²) in [6, 6.07) is 10.7. The Morgan fingerprint density at radius 2 is 1.21 bits per heavy atom. The summed E-state index contributed by atoms with van der Waals surface area (Å²) in [5, 5.41) is 0. The average molecular weight is 269 g/mol. The van der Waals surface area contributed by atoms with Gasteiger partial charge in [0.05, 0.1) is 5.56 Å². The lowest BCUT2D eigenvalue weighted by molar-refractivity contribution is -0.223. The molecule has 0 aromatic heterocycles. The molecule has 0 fully saturated rings. The lowest BCUT2D eigenvalue weighted by atomic mass is 9.95. The number of hydrogen-bond donors (Lipinski definition) is 1. The number of nitrogen functional groups attached to an aromatic ring is 1. The fraction of sp³-hybridized carbons (Fsp3) is 0.143. The van der Waals surface area contributed by atoms with Crippen molar-refractivity contribution >= 4 is 5.69 Å². The van der Waals surface area contributed by atoms with Gasteiger partial charge in [0.25, 0.3) is 0 Å². The maximum absolute atomic E-state index is 14.1. The Morgan fingerprint density at radius 3 is 1.79 bits per heavy atom. The second kappa shape index (κ2) is 4.57. The summed E-state index contributed by atoms with van der Waals surface area (Å²) >= 11 is 0. The number of halogens is 4. The summed E-state index contributed by atoms with van der Waals surface area (Å²) in [6.45, 7) is 0. The van der Waals surface area contributed by atoms with Crippen molar-refractivity contribution in [2.24, 2.45) is 0 Å². The first-order chi connectivity index (χ1) is 8.87. The molecule has 0 saturated carbocycles. The largest absolute Gasteiger partial charge is 0.398 e. The maximum atomic E-state index is 14.1. The Balaban J connectivity index is 2.53. The molecule has 0 aliphatic carbocycles. The molecule has 0 aliphatic rings. The summed E-state index contributed by atoms with van der Waals surface area (Å²) in [5.41, 5.74) is 3.39. The Labute approximate surface area is 107 Å². The van der Waals surface area contributed by atoms with Crippen molar-refractivity contribution in [1.29, 1.82) is 0 Å². The summed E-state index contributed by atoms with van der Waals surface area (Å²) in [6.07, 6.45) is 0. The minimum atomic E-state index is -4.38. The number of rotatable bonds is 3. The molecule has 0 unspecified atom stereocenters. The molecule has 0 atom stereocenters. The van der Waals surface area contributed by atoms with Crippen LogP contribution in [0.1, 0.15) is 11.1 Å². The molecule has 100 valence electrons. The number of benzene rings is 2. The molecule has 19 heavy (non-hydrogen) atoms. The molecule has 0 saturated heterocycles. The fourth-order valence-corrected chi connectivity index (χ4v) is 1.78. The van der Waals surface area contributed by atoms with Crippen LogP contribution < -0.4 is 5.73 Å². The monoisotopic (exact) mass is 269 g/mol. The third-order valence-corrected chi connectivity index (χ3v) is 2.83. The molecule has 5 heteroatoms. The summed E-state index contributed by atoms with van der Waals surface area (Å²) in [4.78, 5) is 0. The number of hydrogen-bond acceptors (Lipinski definition) is 1. The first-order valence-corrected chi connectivity index (χ1v) is 5.53. The van der Waals surface area contributed by atoms with Gasteiger partial charge in [-0.3, -0.25) is 0 Å². The van der Waals surface area contributed by atoms with Crippen molar-refractivity contribution in [3.8, 4) is 0 Å². The molecule has 2 aromatic carbocycles. The van der Waals surface area contributed by atoms with Gasteiger partial charge in [-0.1, -0.05) is 48.5 Å². The third-order valence-electron chi connectivity index (χ3n) is 2.83. The molecule has 2 aromatic rings. The van der Waals surface area contributed by atoms with Gasteiger partial charge >= 0.3 is 11.8 Å². The molecule has 2 rings (SSSR count). The zero-order valence-electron chi connectivity index (χ0n) is 9.79. The molecule has 0 aliphatic heterocycles. The Bertz CT molecular complexity index is 567. The third kappa shape index (κ3) is 2.16. The number of nitrogens with two attached hydrogens (primary N) is 1. The second-order valence-electron chi connectivity index (χ2n) is 4.10. The molecule has 0 spiro atoms. The van der Waals surface area contributed by atoms with E-state index in [9.17, 15) is 17.6 Å². The van der Waals surface area contributed by atoms with Crippen LogP contribution in [0.2, 0.25) is 0 Å². The van der Waals surface area contributed by atoms with Crippen LogP contribution in [0.15, 0.2) is 54.6 Å². The highest BCUT2D eigenvalue weighted by Crippen LogP contribution is 2.50. The summed E-state index contributed by atoms with van der Waals surface area (Å²) in [7, 11) is 0.